The molecule has 1 aliphatic rings. The predicted molar refractivity (Wildman–Crippen MR) is 82.1 cm³/mol. The second-order valence-electron chi connectivity index (χ2n) is 5.09. The van der Waals surface area contributed by atoms with Crippen LogP contribution in [0.25, 0.3) is 0 Å². The lowest BCUT2D eigenvalue weighted by Gasteiger charge is -2.38. The Bertz CT molecular complexity index is 374. The van der Waals surface area contributed by atoms with Gasteiger partial charge in [0.05, 0.1) is 9.83 Å². The molecule has 18 heavy (non-hydrogen) atoms. The molecule has 0 radical (unpaired) electrons. The predicted octanol–water partition coefficient (Wildman–Crippen LogP) is 2.54. The monoisotopic (exact) mass is 331 g/mol. The maximum Gasteiger partial charge on any atom is 0.0702 e. The van der Waals surface area contributed by atoms with Crippen LogP contribution in [0.4, 0.5) is 0 Å². The zero-order chi connectivity index (χ0) is 13.1. The third-order valence-corrected chi connectivity index (χ3v) is 5.63. The third-order valence-electron chi connectivity index (χ3n) is 3.90. The van der Waals surface area contributed by atoms with Crippen molar-refractivity contribution in [3.63, 3.8) is 0 Å². The van der Waals surface area contributed by atoms with Crippen LogP contribution in [0.3, 0.4) is 0 Å². The van der Waals surface area contributed by atoms with Gasteiger partial charge >= 0.3 is 0 Å². The normalized spacial score (nSPS) is 20.5. The van der Waals surface area contributed by atoms with Crippen molar-refractivity contribution in [1.82, 2.24) is 9.80 Å². The number of piperidine rings is 1. The quantitative estimate of drug-likeness (QED) is 0.920. The Morgan fingerprint density at radius 1 is 1.50 bits per heavy atom. The summed E-state index contributed by atoms with van der Waals surface area (Å²) in [6.07, 6.45) is 2.49. The highest BCUT2D eigenvalue weighted by atomic mass is 79.9. The Morgan fingerprint density at radius 3 is 2.67 bits per heavy atom. The van der Waals surface area contributed by atoms with Gasteiger partial charge in [0, 0.05) is 17.5 Å². The fraction of sp³-hybridized carbons (Fsp3) is 0.692. The van der Waals surface area contributed by atoms with Gasteiger partial charge in [-0.2, -0.15) is 0 Å². The summed E-state index contributed by atoms with van der Waals surface area (Å²) in [7, 11) is 4.42. The number of nitrogens with zero attached hydrogens (tertiary/aromatic N) is 2. The summed E-state index contributed by atoms with van der Waals surface area (Å²) in [5.74, 6) is 0. The summed E-state index contributed by atoms with van der Waals surface area (Å²) in [6.45, 7) is 3.08. The molecule has 5 heteroatoms. The zero-order valence-corrected chi connectivity index (χ0v) is 13.5. The van der Waals surface area contributed by atoms with Gasteiger partial charge in [-0.25, -0.2) is 0 Å². The van der Waals surface area contributed by atoms with Crippen LogP contribution >= 0.6 is 27.3 Å². The van der Waals surface area contributed by atoms with E-state index in [0.29, 0.717) is 18.6 Å². The van der Waals surface area contributed by atoms with Crippen molar-refractivity contribution in [3.05, 3.63) is 20.8 Å². The van der Waals surface area contributed by atoms with Gasteiger partial charge in [-0.05, 0) is 68.1 Å². The Kier molecular flexibility index (Phi) is 5.21. The van der Waals surface area contributed by atoms with Crippen molar-refractivity contribution in [2.24, 2.45) is 5.73 Å². The van der Waals surface area contributed by atoms with E-state index in [1.54, 1.807) is 11.3 Å². The van der Waals surface area contributed by atoms with Crippen LogP contribution < -0.4 is 5.73 Å². The number of rotatable bonds is 4. The molecule has 1 saturated heterocycles. The standard InChI is InChI=1S/C13H22BrN3S/c1-16-7-5-10(6-8-16)17(2)11(9-15)12-3-4-13(14)18-12/h3-4,10-11H,5-9,15H2,1-2H3. The first-order valence-corrected chi connectivity index (χ1v) is 8.08. The highest BCUT2D eigenvalue weighted by molar-refractivity contribution is 9.11. The Hall–Kier alpha value is 0.0600. The molecule has 3 nitrogen and oxygen atoms in total. The first-order valence-electron chi connectivity index (χ1n) is 6.47. The maximum atomic E-state index is 5.99. The van der Waals surface area contributed by atoms with Crippen molar-refractivity contribution < 1.29 is 0 Å². The van der Waals surface area contributed by atoms with Crippen LogP contribution in [0.1, 0.15) is 23.8 Å². The molecule has 2 N–H and O–H groups in total. The number of nitrogens with two attached hydrogens (primary N) is 1. The zero-order valence-electron chi connectivity index (χ0n) is 11.1. The van der Waals surface area contributed by atoms with Gasteiger partial charge in [0.25, 0.3) is 0 Å². The summed E-state index contributed by atoms with van der Waals surface area (Å²) < 4.78 is 1.19. The molecule has 1 atom stereocenters. The first kappa shape index (κ1) is 14.5. The summed E-state index contributed by atoms with van der Waals surface area (Å²) in [5.41, 5.74) is 5.99. The number of halogens is 1. The van der Waals surface area contributed by atoms with Crippen LogP contribution in [0, 0.1) is 0 Å². The van der Waals surface area contributed by atoms with Gasteiger partial charge in [-0.15, -0.1) is 11.3 Å². The van der Waals surface area contributed by atoms with E-state index in [9.17, 15) is 0 Å². The van der Waals surface area contributed by atoms with E-state index in [1.807, 2.05) is 0 Å². The SMILES string of the molecule is CN1CCC(N(C)C(CN)c2ccc(Br)s2)CC1. The molecule has 0 spiro atoms. The van der Waals surface area contributed by atoms with Gasteiger partial charge in [0.1, 0.15) is 0 Å². The van der Waals surface area contributed by atoms with Gasteiger partial charge in [-0.1, -0.05) is 0 Å². The molecule has 1 aromatic rings. The molecular formula is C13H22BrN3S. The van der Waals surface area contributed by atoms with Crippen LogP contribution in [0.2, 0.25) is 0 Å². The molecule has 102 valence electrons. The van der Waals surface area contributed by atoms with Gasteiger partial charge in [0.2, 0.25) is 0 Å². The largest absolute Gasteiger partial charge is 0.329 e. The fourth-order valence-electron chi connectivity index (χ4n) is 2.65. The van der Waals surface area contributed by atoms with Crippen molar-refractivity contribution >= 4 is 27.3 Å². The fourth-order valence-corrected chi connectivity index (χ4v) is 4.24. The molecule has 1 fully saturated rings. The summed E-state index contributed by atoms with van der Waals surface area (Å²) in [6, 6.07) is 5.33. The number of hydrogen-bond acceptors (Lipinski definition) is 4. The molecule has 0 saturated carbocycles. The minimum Gasteiger partial charge on any atom is -0.329 e. The second-order valence-corrected chi connectivity index (χ2v) is 7.59. The van der Waals surface area contributed by atoms with E-state index in [2.05, 4.69) is 52.0 Å². The Morgan fingerprint density at radius 2 is 2.17 bits per heavy atom. The Labute approximate surface area is 122 Å². The van der Waals surface area contributed by atoms with E-state index >= 15 is 0 Å². The molecule has 0 amide bonds. The van der Waals surface area contributed by atoms with E-state index < -0.39 is 0 Å². The van der Waals surface area contributed by atoms with Crippen molar-refractivity contribution in [1.29, 1.82) is 0 Å². The average Bonchev–Trinajstić information content (AvgIpc) is 2.77. The first-order chi connectivity index (χ1) is 8.61. The number of thiophene rings is 1. The topological polar surface area (TPSA) is 32.5 Å². The number of likely N-dealkylation sites (tertiary alicyclic amines) is 1. The Balaban J connectivity index is 2.03. The summed E-state index contributed by atoms with van der Waals surface area (Å²) in [5, 5.41) is 0. The molecule has 0 aromatic carbocycles. The van der Waals surface area contributed by atoms with Crippen molar-refractivity contribution in [3.8, 4) is 0 Å². The lowest BCUT2D eigenvalue weighted by atomic mass is 10.0. The number of hydrogen-bond donors (Lipinski definition) is 1. The molecule has 0 bridgehead atoms. The molecule has 1 aromatic heterocycles. The molecular weight excluding hydrogens is 310 g/mol. The third kappa shape index (κ3) is 3.33. The molecule has 1 unspecified atom stereocenters. The molecule has 1 aliphatic heterocycles. The highest BCUT2D eigenvalue weighted by Crippen LogP contribution is 2.32. The molecule has 2 rings (SSSR count). The summed E-state index contributed by atoms with van der Waals surface area (Å²) >= 11 is 5.33. The summed E-state index contributed by atoms with van der Waals surface area (Å²) in [4.78, 5) is 6.25. The van der Waals surface area contributed by atoms with E-state index in [4.69, 9.17) is 5.73 Å². The van der Waals surface area contributed by atoms with Gasteiger partial charge in [-0.3, -0.25) is 4.90 Å². The van der Waals surface area contributed by atoms with Crippen LogP contribution in [-0.2, 0) is 0 Å². The lowest BCUT2D eigenvalue weighted by molar-refractivity contribution is 0.111. The van der Waals surface area contributed by atoms with Gasteiger partial charge < -0.3 is 10.6 Å². The lowest BCUT2D eigenvalue weighted by Crippen LogP contribution is -2.44. The van der Waals surface area contributed by atoms with Crippen molar-refractivity contribution in [2.75, 3.05) is 33.7 Å². The maximum absolute atomic E-state index is 5.99. The van der Waals surface area contributed by atoms with E-state index in [0.717, 1.165) is 0 Å². The molecule has 0 aliphatic carbocycles. The minimum absolute atomic E-state index is 0.356. The molecule has 2 heterocycles. The second kappa shape index (κ2) is 6.48. The number of likely N-dealkylation sites (N-methyl/N-ethyl adjacent to an activating group) is 1. The highest BCUT2D eigenvalue weighted by Gasteiger charge is 2.26. The van der Waals surface area contributed by atoms with E-state index in [1.165, 1.54) is 34.6 Å². The van der Waals surface area contributed by atoms with Crippen LogP contribution in [-0.4, -0.2) is 49.6 Å². The average molecular weight is 332 g/mol. The minimum atomic E-state index is 0.356. The smallest absolute Gasteiger partial charge is 0.0702 e. The van der Waals surface area contributed by atoms with E-state index in [-0.39, 0.29) is 0 Å². The van der Waals surface area contributed by atoms with Crippen molar-refractivity contribution in [2.45, 2.75) is 24.9 Å². The van der Waals surface area contributed by atoms with Crippen LogP contribution in [0.5, 0.6) is 0 Å². The van der Waals surface area contributed by atoms with Crippen LogP contribution in [0.15, 0.2) is 15.9 Å². The van der Waals surface area contributed by atoms with Gasteiger partial charge in [0.15, 0.2) is 0 Å².